The third-order valence-electron chi connectivity index (χ3n) is 4.07. The normalized spacial score (nSPS) is 10.5. The molecule has 1 aromatic heterocycles. The number of benzene rings is 2. The van der Waals surface area contributed by atoms with E-state index in [0.717, 1.165) is 28.9 Å². The molecule has 1 amide bonds. The number of nitrogens with zero attached hydrogens (tertiary/aromatic N) is 2. The number of anilines is 1. The van der Waals surface area contributed by atoms with E-state index in [-0.39, 0.29) is 11.7 Å². The van der Waals surface area contributed by atoms with Gasteiger partial charge in [0.05, 0.1) is 11.4 Å². The van der Waals surface area contributed by atoms with Crippen LogP contribution in [-0.2, 0) is 17.6 Å². The lowest BCUT2D eigenvalue weighted by molar-refractivity contribution is -0.114. The van der Waals surface area contributed by atoms with Crippen LogP contribution in [0, 0.1) is 6.92 Å². The molecule has 26 heavy (non-hydrogen) atoms. The van der Waals surface area contributed by atoms with E-state index in [0.29, 0.717) is 17.9 Å². The highest BCUT2D eigenvalue weighted by atomic mass is 16.3. The van der Waals surface area contributed by atoms with Gasteiger partial charge in [-0.15, -0.1) is 0 Å². The van der Waals surface area contributed by atoms with Crippen LogP contribution >= 0.6 is 0 Å². The van der Waals surface area contributed by atoms with Crippen LogP contribution in [0.25, 0.3) is 11.3 Å². The summed E-state index contributed by atoms with van der Waals surface area (Å²) in [5.41, 5.74) is 4.26. The van der Waals surface area contributed by atoms with Crippen LogP contribution < -0.4 is 5.32 Å². The maximum absolute atomic E-state index is 11.6. The molecule has 0 atom stereocenters. The number of carbonyl (C=O) groups excluding carboxylic acids is 1. The van der Waals surface area contributed by atoms with Crippen molar-refractivity contribution in [2.75, 3.05) is 5.32 Å². The fourth-order valence-corrected chi connectivity index (χ4v) is 2.82. The van der Waals surface area contributed by atoms with Crippen molar-refractivity contribution >= 4 is 11.7 Å². The maximum atomic E-state index is 11.6. The highest BCUT2D eigenvalue weighted by molar-refractivity contribution is 5.91. The minimum atomic E-state index is -0.181. The average Bonchev–Trinajstić information content (AvgIpc) is 2.62. The summed E-state index contributed by atoms with van der Waals surface area (Å²) in [7, 11) is 0. The zero-order valence-electron chi connectivity index (χ0n) is 14.9. The van der Waals surface area contributed by atoms with Crippen LogP contribution in [0.2, 0.25) is 0 Å². The summed E-state index contributed by atoms with van der Waals surface area (Å²) in [4.78, 5) is 21.0. The van der Waals surface area contributed by atoms with Crippen molar-refractivity contribution in [1.82, 2.24) is 9.97 Å². The topological polar surface area (TPSA) is 75.1 Å². The van der Waals surface area contributed by atoms with Crippen molar-refractivity contribution in [2.45, 2.75) is 26.7 Å². The first-order chi connectivity index (χ1) is 12.5. The summed E-state index contributed by atoms with van der Waals surface area (Å²) in [6.45, 7) is 3.39. The summed E-state index contributed by atoms with van der Waals surface area (Å²) < 4.78 is 0. The van der Waals surface area contributed by atoms with E-state index in [1.165, 1.54) is 6.92 Å². The van der Waals surface area contributed by atoms with E-state index < -0.39 is 0 Å². The highest BCUT2D eigenvalue weighted by Gasteiger charge is 2.14. The second-order valence-electron chi connectivity index (χ2n) is 6.17. The molecule has 5 nitrogen and oxygen atoms in total. The number of aromatic hydroxyl groups is 1. The predicted octanol–water partition coefficient (Wildman–Crippen LogP) is 3.90. The molecule has 3 aromatic rings. The van der Waals surface area contributed by atoms with Gasteiger partial charge < -0.3 is 10.4 Å². The monoisotopic (exact) mass is 347 g/mol. The lowest BCUT2D eigenvalue weighted by Gasteiger charge is -2.13. The average molecular weight is 347 g/mol. The molecule has 3 rings (SSSR count). The Hall–Kier alpha value is -3.21. The zero-order valence-corrected chi connectivity index (χ0v) is 14.9. The van der Waals surface area contributed by atoms with Gasteiger partial charge in [0, 0.05) is 12.5 Å². The van der Waals surface area contributed by atoms with Crippen molar-refractivity contribution in [3.63, 3.8) is 0 Å². The molecule has 0 aliphatic carbocycles. The minimum Gasteiger partial charge on any atom is -0.508 e. The zero-order chi connectivity index (χ0) is 18.5. The maximum Gasteiger partial charge on any atom is 0.222 e. The molecule has 132 valence electrons. The second kappa shape index (κ2) is 7.78. The van der Waals surface area contributed by atoms with Crippen molar-refractivity contribution in [3.8, 4) is 17.0 Å². The quantitative estimate of drug-likeness (QED) is 0.734. The van der Waals surface area contributed by atoms with Gasteiger partial charge in [0.25, 0.3) is 0 Å². The van der Waals surface area contributed by atoms with E-state index in [1.54, 1.807) is 12.1 Å². The number of phenols is 1. The summed E-state index contributed by atoms with van der Waals surface area (Å²) in [5, 5.41) is 12.4. The molecule has 0 fully saturated rings. The molecule has 5 heteroatoms. The van der Waals surface area contributed by atoms with Crippen molar-refractivity contribution in [2.24, 2.45) is 0 Å². The molecule has 0 saturated carbocycles. The number of carbonyl (C=O) groups is 1. The van der Waals surface area contributed by atoms with Gasteiger partial charge in [0.2, 0.25) is 5.91 Å². The van der Waals surface area contributed by atoms with Gasteiger partial charge in [0.15, 0.2) is 5.82 Å². The van der Waals surface area contributed by atoms with E-state index in [2.05, 4.69) is 10.3 Å². The van der Waals surface area contributed by atoms with Gasteiger partial charge in [-0.2, -0.15) is 0 Å². The number of hydrogen-bond donors (Lipinski definition) is 2. The molecule has 2 aromatic carbocycles. The van der Waals surface area contributed by atoms with Crippen molar-refractivity contribution in [3.05, 3.63) is 71.5 Å². The van der Waals surface area contributed by atoms with E-state index >= 15 is 0 Å². The Labute approximate surface area is 152 Å². The van der Waals surface area contributed by atoms with Crippen LogP contribution in [0.1, 0.15) is 23.9 Å². The molecule has 0 aliphatic rings. The first-order valence-electron chi connectivity index (χ1n) is 8.51. The molecular formula is C21H21N3O2. The van der Waals surface area contributed by atoms with Crippen molar-refractivity contribution in [1.29, 1.82) is 0 Å². The van der Waals surface area contributed by atoms with Gasteiger partial charge in [-0.05, 0) is 37.5 Å². The number of nitrogens with one attached hydrogen (secondary N) is 1. The molecule has 1 heterocycles. The van der Waals surface area contributed by atoms with Crippen molar-refractivity contribution < 1.29 is 9.90 Å². The van der Waals surface area contributed by atoms with Crippen LogP contribution in [0.5, 0.6) is 5.75 Å². The second-order valence-corrected chi connectivity index (χ2v) is 6.17. The fraction of sp³-hybridized carbons (Fsp3) is 0.190. The van der Waals surface area contributed by atoms with Crippen LogP contribution in [-0.4, -0.2) is 21.0 Å². The Morgan fingerprint density at radius 2 is 1.81 bits per heavy atom. The Bertz CT molecular complexity index is 924. The first-order valence-corrected chi connectivity index (χ1v) is 8.51. The Morgan fingerprint density at radius 3 is 2.50 bits per heavy atom. The first kappa shape index (κ1) is 17.6. The van der Waals surface area contributed by atoms with Gasteiger partial charge in [0.1, 0.15) is 11.4 Å². The lowest BCUT2D eigenvalue weighted by atomic mass is 10.1. The number of phenolic OH excluding ortho intramolecular Hbond substituents is 1. The highest BCUT2D eigenvalue weighted by Crippen LogP contribution is 2.26. The number of rotatable bonds is 5. The number of hydrogen-bond acceptors (Lipinski definition) is 4. The van der Waals surface area contributed by atoms with E-state index in [9.17, 15) is 9.90 Å². The fourth-order valence-electron chi connectivity index (χ4n) is 2.82. The molecule has 0 aliphatic heterocycles. The van der Waals surface area contributed by atoms with Gasteiger partial charge in [-0.3, -0.25) is 4.79 Å². The summed E-state index contributed by atoms with van der Waals surface area (Å²) in [6, 6.07) is 16.9. The number of amides is 1. The van der Waals surface area contributed by atoms with Crippen LogP contribution in [0.4, 0.5) is 5.82 Å². The predicted molar refractivity (Wildman–Crippen MR) is 102 cm³/mol. The minimum absolute atomic E-state index is 0.181. The van der Waals surface area contributed by atoms with Crippen LogP contribution in [0.15, 0.2) is 54.6 Å². The largest absolute Gasteiger partial charge is 0.508 e. The Morgan fingerprint density at radius 1 is 1.04 bits per heavy atom. The molecule has 2 N–H and O–H groups in total. The summed E-state index contributed by atoms with van der Waals surface area (Å²) >= 11 is 0. The van der Waals surface area contributed by atoms with E-state index in [4.69, 9.17) is 4.98 Å². The number of aryl methyl sites for hydroxylation is 3. The Kier molecular flexibility index (Phi) is 5.27. The molecule has 0 saturated heterocycles. The summed E-state index contributed by atoms with van der Waals surface area (Å²) in [5.74, 6) is 0.545. The molecule has 0 unspecified atom stereocenters. The van der Waals surface area contributed by atoms with Gasteiger partial charge in [-0.1, -0.05) is 42.5 Å². The van der Waals surface area contributed by atoms with Gasteiger partial charge in [-0.25, -0.2) is 9.97 Å². The third-order valence-corrected chi connectivity index (χ3v) is 4.07. The Balaban J connectivity index is 1.92. The molecular weight excluding hydrogens is 326 g/mol. The number of aromatic nitrogens is 2. The standard InChI is InChI=1S/C21H21N3O2/c1-14-19(12-11-16-7-6-10-18(26)13-16)24-21(23-15(2)25)20(22-14)17-8-4-3-5-9-17/h3-10,13,26H,11-12H2,1-2H3,(H,23,24,25). The van der Waals surface area contributed by atoms with Crippen LogP contribution in [0.3, 0.4) is 0 Å². The summed E-state index contributed by atoms with van der Waals surface area (Å²) in [6.07, 6.45) is 1.40. The molecule has 0 radical (unpaired) electrons. The molecule has 0 bridgehead atoms. The lowest BCUT2D eigenvalue weighted by Crippen LogP contribution is -2.12. The molecule has 0 spiro atoms. The van der Waals surface area contributed by atoms with Gasteiger partial charge >= 0.3 is 0 Å². The SMILES string of the molecule is CC(=O)Nc1nc(CCc2cccc(O)c2)c(C)nc1-c1ccccc1. The third kappa shape index (κ3) is 4.25. The smallest absolute Gasteiger partial charge is 0.222 e. The van der Waals surface area contributed by atoms with E-state index in [1.807, 2.05) is 49.4 Å².